The van der Waals surface area contributed by atoms with E-state index in [-0.39, 0.29) is 17.8 Å². The van der Waals surface area contributed by atoms with Gasteiger partial charge >= 0.3 is 5.69 Å². The number of anilines is 1. The van der Waals surface area contributed by atoms with Crippen LogP contribution >= 0.6 is 23.2 Å². The lowest BCUT2D eigenvalue weighted by Crippen LogP contribution is -2.38. The molecule has 0 amide bonds. The van der Waals surface area contributed by atoms with Crippen LogP contribution in [0.25, 0.3) is 0 Å². The van der Waals surface area contributed by atoms with E-state index in [9.17, 15) is 9.59 Å². The Morgan fingerprint density at radius 2 is 1.70 bits per heavy atom. The molecule has 2 aromatic rings. The van der Waals surface area contributed by atoms with Crippen LogP contribution < -0.4 is 16.6 Å². The van der Waals surface area contributed by atoms with Gasteiger partial charge in [-0.3, -0.25) is 13.9 Å². The zero-order valence-electron chi connectivity index (χ0n) is 11.0. The molecule has 1 heterocycles. The maximum atomic E-state index is 11.8. The first-order valence-electron chi connectivity index (χ1n) is 5.85. The summed E-state index contributed by atoms with van der Waals surface area (Å²) in [5.41, 5.74) is 0.396. The van der Waals surface area contributed by atoms with Crippen molar-refractivity contribution in [3.05, 3.63) is 60.8 Å². The van der Waals surface area contributed by atoms with E-state index < -0.39 is 0 Å². The minimum Gasteiger partial charge on any atom is -0.377 e. The molecular formula is C13H13Cl2N3O2. The van der Waals surface area contributed by atoms with Gasteiger partial charge in [0, 0.05) is 25.9 Å². The van der Waals surface area contributed by atoms with Gasteiger partial charge in [-0.2, -0.15) is 0 Å². The third-order valence-corrected chi connectivity index (χ3v) is 3.66. The molecule has 20 heavy (non-hydrogen) atoms. The molecule has 0 fully saturated rings. The lowest BCUT2D eigenvalue weighted by atomic mass is 10.3. The summed E-state index contributed by atoms with van der Waals surface area (Å²) >= 11 is 12.1. The zero-order chi connectivity index (χ0) is 14.9. The van der Waals surface area contributed by atoms with E-state index in [0.717, 1.165) is 4.57 Å². The maximum absolute atomic E-state index is 11.8. The van der Waals surface area contributed by atoms with E-state index in [2.05, 4.69) is 5.32 Å². The number of hydrogen-bond acceptors (Lipinski definition) is 3. The van der Waals surface area contributed by atoms with Gasteiger partial charge in [0.25, 0.3) is 5.56 Å². The molecule has 0 atom stereocenters. The van der Waals surface area contributed by atoms with Crippen molar-refractivity contribution in [1.29, 1.82) is 0 Å². The van der Waals surface area contributed by atoms with Gasteiger partial charge in [-0.05, 0) is 12.1 Å². The van der Waals surface area contributed by atoms with Crippen LogP contribution in [-0.4, -0.2) is 9.13 Å². The van der Waals surface area contributed by atoms with Crippen LogP contribution in [0.5, 0.6) is 0 Å². The highest BCUT2D eigenvalue weighted by Gasteiger charge is 2.08. The van der Waals surface area contributed by atoms with E-state index in [1.165, 1.54) is 17.7 Å². The van der Waals surface area contributed by atoms with E-state index in [4.69, 9.17) is 23.2 Å². The van der Waals surface area contributed by atoms with Crippen LogP contribution in [0.4, 0.5) is 5.69 Å². The Labute approximate surface area is 125 Å². The zero-order valence-corrected chi connectivity index (χ0v) is 12.5. The highest BCUT2D eigenvalue weighted by molar-refractivity contribution is 6.39. The van der Waals surface area contributed by atoms with Crippen molar-refractivity contribution in [2.75, 3.05) is 5.32 Å². The quantitative estimate of drug-likeness (QED) is 0.943. The van der Waals surface area contributed by atoms with E-state index in [1.807, 2.05) is 0 Å². The number of rotatable bonds is 3. The maximum Gasteiger partial charge on any atom is 0.330 e. The Bertz CT molecular complexity index is 745. The molecule has 106 valence electrons. The molecule has 0 saturated heterocycles. The number of hydrogen-bond donors (Lipinski definition) is 1. The topological polar surface area (TPSA) is 56.0 Å². The van der Waals surface area contributed by atoms with Crippen LogP contribution in [0.2, 0.25) is 10.0 Å². The Hall–Kier alpha value is -1.72. The lowest BCUT2D eigenvalue weighted by Gasteiger charge is -2.13. The number of benzene rings is 1. The van der Waals surface area contributed by atoms with Crippen molar-refractivity contribution in [2.45, 2.75) is 6.54 Å². The SMILES string of the molecule is Cn1c(CNc2c(Cl)cccc2Cl)cc(=O)n(C)c1=O. The molecule has 0 aliphatic rings. The first-order valence-corrected chi connectivity index (χ1v) is 6.61. The van der Waals surface area contributed by atoms with Crippen LogP contribution in [0.1, 0.15) is 5.69 Å². The second-order valence-corrected chi connectivity index (χ2v) is 5.14. The van der Waals surface area contributed by atoms with Crippen molar-refractivity contribution >= 4 is 28.9 Å². The summed E-state index contributed by atoms with van der Waals surface area (Å²) in [4.78, 5) is 23.4. The second-order valence-electron chi connectivity index (χ2n) is 4.32. The fourth-order valence-electron chi connectivity index (χ4n) is 1.79. The average Bonchev–Trinajstić information content (AvgIpc) is 2.41. The van der Waals surface area contributed by atoms with Gasteiger partial charge in [-0.25, -0.2) is 4.79 Å². The molecule has 1 N–H and O–H groups in total. The van der Waals surface area contributed by atoms with Gasteiger partial charge in [0.1, 0.15) is 0 Å². The molecular weight excluding hydrogens is 301 g/mol. The Morgan fingerprint density at radius 1 is 1.10 bits per heavy atom. The van der Waals surface area contributed by atoms with Crippen LogP contribution in [-0.2, 0) is 20.6 Å². The number of nitrogens with one attached hydrogen (secondary N) is 1. The standard InChI is InChI=1S/C13H13Cl2N3O2/c1-17-8(6-11(19)18(2)13(17)20)7-16-12-9(14)4-3-5-10(12)15/h3-6,16H,7H2,1-2H3. The molecule has 1 aromatic heterocycles. The summed E-state index contributed by atoms with van der Waals surface area (Å²) in [6.07, 6.45) is 0. The van der Waals surface area contributed by atoms with Crippen LogP contribution in [0, 0.1) is 0 Å². The summed E-state index contributed by atoms with van der Waals surface area (Å²) in [6.45, 7) is 0.269. The third kappa shape index (κ3) is 2.73. The Balaban J connectivity index is 2.33. The van der Waals surface area contributed by atoms with Crippen molar-refractivity contribution in [2.24, 2.45) is 14.1 Å². The van der Waals surface area contributed by atoms with Gasteiger partial charge in [0.15, 0.2) is 0 Å². The van der Waals surface area contributed by atoms with Gasteiger partial charge in [-0.15, -0.1) is 0 Å². The third-order valence-electron chi connectivity index (χ3n) is 3.03. The molecule has 0 aliphatic carbocycles. The predicted octanol–water partition coefficient (Wildman–Crippen LogP) is 2.00. The van der Waals surface area contributed by atoms with Gasteiger partial charge in [0.2, 0.25) is 0 Å². The van der Waals surface area contributed by atoms with Crippen LogP contribution in [0.15, 0.2) is 33.9 Å². The summed E-state index contributed by atoms with van der Waals surface area (Å²) in [5, 5.41) is 4.00. The largest absolute Gasteiger partial charge is 0.377 e. The molecule has 1 aromatic carbocycles. The molecule has 7 heteroatoms. The van der Waals surface area contributed by atoms with Crippen LogP contribution in [0.3, 0.4) is 0 Å². The van der Waals surface area contributed by atoms with Gasteiger partial charge < -0.3 is 5.32 Å². The van der Waals surface area contributed by atoms with Gasteiger partial charge in [0.05, 0.1) is 22.3 Å². The molecule has 0 bridgehead atoms. The van der Waals surface area contributed by atoms with Crippen molar-refractivity contribution < 1.29 is 0 Å². The Kier molecular flexibility index (Phi) is 4.20. The van der Waals surface area contributed by atoms with E-state index in [1.54, 1.807) is 25.2 Å². The Morgan fingerprint density at radius 3 is 2.30 bits per heavy atom. The number of para-hydroxylation sites is 1. The molecule has 0 radical (unpaired) electrons. The molecule has 0 unspecified atom stereocenters. The summed E-state index contributed by atoms with van der Waals surface area (Å²) in [5.74, 6) is 0. The summed E-state index contributed by atoms with van der Waals surface area (Å²) in [6, 6.07) is 6.56. The monoisotopic (exact) mass is 313 g/mol. The minimum absolute atomic E-state index is 0.269. The summed E-state index contributed by atoms with van der Waals surface area (Å²) in [7, 11) is 3.04. The number of aromatic nitrogens is 2. The molecule has 0 spiro atoms. The minimum atomic E-state index is -0.375. The number of halogens is 2. The fraction of sp³-hybridized carbons (Fsp3) is 0.231. The highest BCUT2D eigenvalue weighted by atomic mass is 35.5. The van der Waals surface area contributed by atoms with E-state index >= 15 is 0 Å². The van der Waals surface area contributed by atoms with Crippen molar-refractivity contribution in [3.8, 4) is 0 Å². The van der Waals surface area contributed by atoms with E-state index in [0.29, 0.717) is 21.4 Å². The molecule has 5 nitrogen and oxygen atoms in total. The van der Waals surface area contributed by atoms with Gasteiger partial charge in [-0.1, -0.05) is 29.3 Å². The predicted molar refractivity (Wildman–Crippen MR) is 80.7 cm³/mol. The first kappa shape index (κ1) is 14.7. The molecule has 2 rings (SSSR count). The first-order chi connectivity index (χ1) is 9.41. The normalized spacial score (nSPS) is 10.6. The summed E-state index contributed by atoms with van der Waals surface area (Å²) < 4.78 is 2.45. The van der Waals surface area contributed by atoms with Crippen molar-refractivity contribution in [1.82, 2.24) is 9.13 Å². The smallest absolute Gasteiger partial charge is 0.330 e. The lowest BCUT2D eigenvalue weighted by molar-refractivity contribution is 0.655. The molecule has 0 aliphatic heterocycles. The highest BCUT2D eigenvalue weighted by Crippen LogP contribution is 2.29. The average molecular weight is 314 g/mol. The van der Waals surface area contributed by atoms with Crippen molar-refractivity contribution in [3.63, 3.8) is 0 Å². The number of nitrogens with zero attached hydrogens (tertiary/aromatic N) is 2. The fourth-order valence-corrected chi connectivity index (χ4v) is 2.32. The molecule has 0 saturated carbocycles. The second kappa shape index (κ2) is 5.73.